The molecule has 1 radical (unpaired) electrons. The van der Waals surface area contributed by atoms with Gasteiger partial charge in [-0.2, -0.15) is 0 Å². The predicted molar refractivity (Wildman–Crippen MR) is 87.9 cm³/mol. The Bertz CT molecular complexity index is 993. The van der Waals surface area contributed by atoms with Crippen molar-refractivity contribution < 1.29 is 26.4 Å². The second-order valence-electron chi connectivity index (χ2n) is 4.86. The fourth-order valence-corrected chi connectivity index (χ4v) is 4.59. The van der Waals surface area contributed by atoms with Crippen molar-refractivity contribution in [2.24, 2.45) is 0 Å². The third kappa shape index (κ3) is 3.87. The largest absolute Gasteiger partial charge is 0.268 e. The molecule has 125 valence electrons. The van der Waals surface area contributed by atoms with Crippen molar-refractivity contribution >= 4 is 83.2 Å². The van der Waals surface area contributed by atoms with E-state index in [-0.39, 0.29) is 72.3 Å². The Balaban J connectivity index is 0.000000173. The van der Waals surface area contributed by atoms with Gasteiger partial charge in [0.2, 0.25) is 0 Å². The normalized spacial score (nSPS) is 17.8. The van der Waals surface area contributed by atoms with Gasteiger partial charge < -0.3 is 0 Å². The zero-order valence-electron chi connectivity index (χ0n) is 12.9. The van der Waals surface area contributed by atoms with Gasteiger partial charge in [0.15, 0.2) is 0 Å². The molecule has 2 amide bonds. The summed E-state index contributed by atoms with van der Waals surface area (Å²) in [4.78, 5) is 22.1. The minimum absolute atomic E-state index is 0. The number of carbonyl (C=O) groups is 2. The Hall–Kier alpha value is -1.08. The van der Waals surface area contributed by atoms with E-state index in [0.717, 1.165) is 0 Å². The van der Waals surface area contributed by atoms with Gasteiger partial charge in [0.05, 0.1) is 11.1 Å². The number of carbonyl (C=O) groups excluding carboxylic acids is 2. The molecular weight excluding hydrogens is 395 g/mol. The fourth-order valence-electron chi connectivity index (χ4n) is 2.24. The maximum atomic E-state index is 11.1. The number of rotatable bonds is 0. The molecule has 2 heterocycles. The van der Waals surface area contributed by atoms with Crippen LogP contribution >= 0.6 is 0 Å². The van der Waals surface area contributed by atoms with E-state index in [1.165, 1.54) is 24.3 Å². The van der Waals surface area contributed by atoms with Crippen molar-refractivity contribution in [3.63, 3.8) is 0 Å². The van der Waals surface area contributed by atoms with Gasteiger partial charge in [0, 0.05) is 51.4 Å². The van der Waals surface area contributed by atoms with Gasteiger partial charge in [-0.25, -0.2) is 26.3 Å². The van der Waals surface area contributed by atoms with Crippen molar-refractivity contribution in [3.8, 4) is 0 Å². The molecule has 11 heteroatoms. The summed E-state index contributed by atoms with van der Waals surface area (Å²) in [6, 6.07) is 12.2. The summed E-state index contributed by atoms with van der Waals surface area (Å²) < 4.78 is 48.3. The fraction of sp³-hybridized carbons (Fsp3) is 0. The molecule has 0 aromatic heterocycles. The molecule has 0 saturated heterocycles. The molecule has 0 aliphatic carbocycles. The van der Waals surface area contributed by atoms with E-state index >= 15 is 0 Å². The minimum Gasteiger partial charge on any atom is -0.268 e. The van der Waals surface area contributed by atoms with E-state index < -0.39 is 31.9 Å². The predicted octanol–water partition coefficient (Wildman–Crippen LogP) is -0.143. The minimum atomic E-state index is -3.55. The molecule has 0 spiro atoms. The first-order valence-corrected chi connectivity index (χ1v) is 9.51. The van der Waals surface area contributed by atoms with E-state index in [0.29, 0.717) is 0 Å². The smallest absolute Gasteiger partial charge is 0.266 e. The summed E-state index contributed by atoms with van der Waals surface area (Å²) in [5, 5.41) is 0. The number of fused-ring (bicyclic) bond motifs is 2. The van der Waals surface area contributed by atoms with Crippen LogP contribution < -0.4 is 9.44 Å². The maximum Gasteiger partial charge on any atom is 0.266 e. The van der Waals surface area contributed by atoms with Crippen LogP contribution in [0.2, 0.25) is 0 Å². The standard InChI is InChI=1S/2C7H5NO3S.K/c2*9-7-5-3-1-2-4-6(5)12(10,11)8-7;/h2*1-4H,(H,8,9);. The second-order valence-corrected chi connectivity index (χ2v) is 8.16. The van der Waals surface area contributed by atoms with Crippen LogP contribution in [0.5, 0.6) is 0 Å². The molecule has 0 bridgehead atoms. The molecule has 2 aliphatic rings. The van der Waals surface area contributed by atoms with Crippen molar-refractivity contribution in [3.05, 3.63) is 59.7 Å². The molecule has 0 unspecified atom stereocenters. The van der Waals surface area contributed by atoms with Crippen LogP contribution in [0.15, 0.2) is 58.3 Å². The van der Waals surface area contributed by atoms with Crippen LogP contribution in [0, 0.1) is 0 Å². The summed E-state index contributed by atoms with van der Waals surface area (Å²) in [5.74, 6) is -1.10. The van der Waals surface area contributed by atoms with E-state index in [1.807, 2.05) is 9.44 Å². The summed E-state index contributed by atoms with van der Waals surface area (Å²) >= 11 is 0. The first kappa shape index (κ1) is 20.2. The van der Waals surface area contributed by atoms with Gasteiger partial charge in [-0.05, 0) is 24.3 Å². The molecule has 4 rings (SSSR count). The Morgan fingerprint density at radius 1 is 0.600 bits per heavy atom. The van der Waals surface area contributed by atoms with Gasteiger partial charge in [0.1, 0.15) is 9.79 Å². The zero-order chi connectivity index (χ0) is 17.5. The first-order chi connectivity index (χ1) is 11.2. The molecule has 2 aliphatic heterocycles. The summed E-state index contributed by atoms with van der Waals surface area (Å²) in [6.07, 6.45) is 0. The van der Waals surface area contributed by atoms with Crippen LogP contribution in [0.25, 0.3) is 0 Å². The van der Waals surface area contributed by atoms with E-state index in [2.05, 4.69) is 0 Å². The molecule has 2 N–H and O–H groups in total. The monoisotopic (exact) mass is 405 g/mol. The van der Waals surface area contributed by atoms with Crippen LogP contribution in [-0.4, -0.2) is 80.0 Å². The topological polar surface area (TPSA) is 126 Å². The number of hydrogen-bond acceptors (Lipinski definition) is 6. The van der Waals surface area contributed by atoms with Crippen molar-refractivity contribution in [1.82, 2.24) is 9.44 Å². The molecule has 0 atom stereocenters. The van der Waals surface area contributed by atoms with Crippen LogP contribution in [0.1, 0.15) is 20.7 Å². The Morgan fingerprint density at radius 3 is 1.24 bits per heavy atom. The van der Waals surface area contributed by atoms with Gasteiger partial charge in [-0.1, -0.05) is 24.3 Å². The van der Waals surface area contributed by atoms with Crippen molar-refractivity contribution in [1.29, 1.82) is 0 Å². The van der Waals surface area contributed by atoms with Crippen molar-refractivity contribution in [2.75, 3.05) is 0 Å². The van der Waals surface area contributed by atoms with Gasteiger partial charge in [-0.15, -0.1) is 0 Å². The van der Waals surface area contributed by atoms with E-state index in [4.69, 9.17) is 0 Å². The van der Waals surface area contributed by atoms with Crippen LogP contribution in [0.3, 0.4) is 0 Å². The third-order valence-electron chi connectivity index (χ3n) is 3.30. The SMILES string of the molecule is O=C1NS(=O)(=O)c2ccccc21.O=C1NS(=O)(=O)c2ccccc21.[K]. The van der Waals surface area contributed by atoms with Crippen LogP contribution in [0.4, 0.5) is 0 Å². The van der Waals surface area contributed by atoms with Gasteiger partial charge in [-0.3, -0.25) is 9.59 Å². The van der Waals surface area contributed by atoms with E-state index in [1.54, 1.807) is 24.3 Å². The molecule has 0 saturated carbocycles. The maximum absolute atomic E-state index is 11.1. The zero-order valence-corrected chi connectivity index (χ0v) is 17.6. The number of benzene rings is 2. The second kappa shape index (κ2) is 7.27. The third-order valence-corrected chi connectivity index (χ3v) is 6.07. The molecular formula is C14H10KN2O6S2. The molecule has 8 nitrogen and oxygen atoms in total. The molecule has 2 aromatic rings. The van der Waals surface area contributed by atoms with E-state index in [9.17, 15) is 26.4 Å². The Kier molecular flexibility index (Phi) is 5.88. The van der Waals surface area contributed by atoms with Crippen molar-refractivity contribution in [2.45, 2.75) is 9.79 Å². The first-order valence-electron chi connectivity index (χ1n) is 6.55. The summed E-state index contributed by atoms with van der Waals surface area (Å²) in [7, 11) is -7.11. The Morgan fingerprint density at radius 2 is 0.920 bits per heavy atom. The number of amides is 2. The Labute approximate surface area is 186 Å². The number of nitrogens with one attached hydrogen (secondary N) is 2. The average molecular weight is 405 g/mol. The molecule has 2 aromatic carbocycles. The average Bonchev–Trinajstić information content (AvgIpc) is 2.91. The summed E-state index contributed by atoms with van der Waals surface area (Å²) in [5.41, 5.74) is 0.440. The number of hydrogen-bond donors (Lipinski definition) is 2. The van der Waals surface area contributed by atoms with Crippen LogP contribution in [-0.2, 0) is 20.0 Å². The summed E-state index contributed by atoms with van der Waals surface area (Å²) in [6.45, 7) is 0. The number of sulfonamides is 2. The quantitative estimate of drug-likeness (QED) is 0.587. The van der Waals surface area contributed by atoms with Gasteiger partial charge >= 0.3 is 0 Å². The molecule has 0 fully saturated rings. The van der Waals surface area contributed by atoms with Gasteiger partial charge in [0.25, 0.3) is 31.9 Å². The molecule has 25 heavy (non-hydrogen) atoms.